The Bertz CT molecular complexity index is 1020. The predicted molar refractivity (Wildman–Crippen MR) is 129 cm³/mol. The second-order valence-electron chi connectivity index (χ2n) is 9.00. The SMILES string of the molecule is CSc1ccc(CCNC(=O)c2cc3n(n2)C[C@](C)(C(=O)NCCC(C)C)N(C)C3=O)cc1. The van der Waals surface area contributed by atoms with Crippen LogP contribution >= 0.6 is 11.8 Å². The van der Waals surface area contributed by atoms with Crippen LogP contribution in [-0.4, -0.2) is 64.3 Å². The zero-order valence-electron chi connectivity index (χ0n) is 20.0. The summed E-state index contributed by atoms with van der Waals surface area (Å²) >= 11 is 1.69. The Labute approximate surface area is 199 Å². The lowest BCUT2D eigenvalue weighted by Gasteiger charge is -2.40. The van der Waals surface area contributed by atoms with E-state index in [1.807, 2.05) is 6.26 Å². The van der Waals surface area contributed by atoms with Gasteiger partial charge in [-0.25, -0.2) is 0 Å². The van der Waals surface area contributed by atoms with Gasteiger partial charge in [-0.15, -0.1) is 11.8 Å². The first-order chi connectivity index (χ1) is 15.7. The highest BCUT2D eigenvalue weighted by Crippen LogP contribution is 2.26. The molecule has 1 aromatic carbocycles. The summed E-state index contributed by atoms with van der Waals surface area (Å²) in [5, 5.41) is 10.1. The molecule has 9 heteroatoms. The molecule has 3 amide bonds. The number of nitrogens with zero attached hydrogens (tertiary/aromatic N) is 3. The maximum atomic E-state index is 13.0. The van der Waals surface area contributed by atoms with Gasteiger partial charge < -0.3 is 15.5 Å². The van der Waals surface area contributed by atoms with Gasteiger partial charge in [0.15, 0.2) is 5.69 Å². The largest absolute Gasteiger partial charge is 0.354 e. The molecule has 1 atom stereocenters. The van der Waals surface area contributed by atoms with Crippen molar-refractivity contribution in [3.63, 3.8) is 0 Å². The molecular formula is C24H33N5O3S. The second kappa shape index (κ2) is 10.4. The highest BCUT2D eigenvalue weighted by molar-refractivity contribution is 7.98. The average molecular weight is 472 g/mol. The molecule has 1 aliphatic rings. The molecule has 1 aromatic heterocycles. The summed E-state index contributed by atoms with van der Waals surface area (Å²) in [6.07, 6.45) is 3.59. The van der Waals surface area contributed by atoms with Gasteiger partial charge in [-0.05, 0) is 49.6 Å². The topological polar surface area (TPSA) is 96.3 Å². The lowest BCUT2D eigenvalue weighted by atomic mass is 9.95. The molecule has 2 aromatic rings. The summed E-state index contributed by atoms with van der Waals surface area (Å²) in [6, 6.07) is 9.72. The first-order valence-electron chi connectivity index (χ1n) is 11.2. The van der Waals surface area contributed by atoms with Gasteiger partial charge >= 0.3 is 0 Å². The van der Waals surface area contributed by atoms with Crippen molar-refractivity contribution in [3.8, 4) is 0 Å². The molecule has 2 heterocycles. The molecule has 0 fully saturated rings. The number of hydrogen-bond donors (Lipinski definition) is 2. The highest BCUT2D eigenvalue weighted by atomic mass is 32.2. The summed E-state index contributed by atoms with van der Waals surface area (Å²) in [4.78, 5) is 41.1. The smallest absolute Gasteiger partial charge is 0.272 e. The molecule has 33 heavy (non-hydrogen) atoms. The molecule has 0 aliphatic carbocycles. The van der Waals surface area contributed by atoms with Crippen LogP contribution in [0, 0.1) is 5.92 Å². The Morgan fingerprint density at radius 1 is 1.18 bits per heavy atom. The Balaban J connectivity index is 1.64. The fraction of sp³-hybridized carbons (Fsp3) is 0.500. The Kier molecular flexibility index (Phi) is 7.84. The van der Waals surface area contributed by atoms with Crippen molar-refractivity contribution in [2.24, 2.45) is 5.92 Å². The maximum Gasteiger partial charge on any atom is 0.272 e. The number of aromatic nitrogens is 2. The number of hydrogen-bond acceptors (Lipinski definition) is 5. The molecule has 3 rings (SSSR count). The van der Waals surface area contributed by atoms with Gasteiger partial charge in [-0.3, -0.25) is 19.1 Å². The fourth-order valence-electron chi connectivity index (χ4n) is 3.71. The lowest BCUT2D eigenvalue weighted by molar-refractivity contribution is -0.132. The number of nitrogens with one attached hydrogen (secondary N) is 2. The zero-order valence-corrected chi connectivity index (χ0v) is 20.8. The van der Waals surface area contributed by atoms with Gasteiger partial charge in [0, 0.05) is 31.1 Å². The average Bonchev–Trinajstić information content (AvgIpc) is 3.21. The zero-order chi connectivity index (χ0) is 24.2. The molecular weight excluding hydrogens is 438 g/mol. The molecule has 178 valence electrons. The molecule has 0 radical (unpaired) electrons. The van der Waals surface area contributed by atoms with Gasteiger partial charge in [0.1, 0.15) is 11.2 Å². The second-order valence-corrected chi connectivity index (χ2v) is 9.88. The van der Waals surface area contributed by atoms with E-state index in [9.17, 15) is 14.4 Å². The van der Waals surface area contributed by atoms with E-state index in [1.165, 1.54) is 20.5 Å². The maximum absolute atomic E-state index is 13.0. The summed E-state index contributed by atoms with van der Waals surface area (Å²) in [5.41, 5.74) is 0.536. The Hall–Kier alpha value is -2.81. The van der Waals surface area contributed by atoms with Crippen molar-refractivity contribution < 1.29 is 14.4 Å². The summed E-state index contributed by atoms with van der Waals surface area (Å²) in [7, 11) is 1.61. The van der Waals surface area contributed by atoms with Gasteiger partial charge in [0.25, 0.3) is 11.8 Å². The van der Waals surface area contributed by atoms with Crippen LogP contribution in [0.25, 0.3) is 0 Å². The van der Waals surface area contributed by atoms with E-state index >= 15 is 0 Å². The van der Waals surface area contributed by atoms with Crippen molar-refractivity contribution >= 4 is 29.5 Å². The number of amides is 3. The Morgan fingerprint density at radius 2 is 1.88 bits per heavy atom. The van der Waals surface area contributed by atoms with Crippen LogP contribution in [-0.2, 0) is 17.8 Å². The number of carbonyl (C=O) groups excluding carboxylic acids is 3. The van der Waals surface area contributed by atoms with Gasteiger partial charge in [0.2, 0.25) is 5.91 Å². The van der Waals surface area contributed by atoms with Gasteiger partial charge in [0.05, 0.1) is 6.54 Å². The molecule has 0 bridgehead atoms. The third-order valence-corrected chi connectivity index (χ3v) is 6.83. The molecule has 0 spiro atoms. The van der Waals surface area contributed by atoms with Crippen molar-refractivity contribution in [1.82, 2.24) is 25.3 Å². The molecule has 0 saturated carbocycles. The number of benzene rings is 1. The molecule has 1 aliphatic heterocycles. The number of rotatable bonds is 9. The quantitative estimate of drug-likeness (QED) is 0.548. The van der Waals surface area contributed by atoms with E-state index in [1.54, 1.807) is 25.7 Å². The molecule has 8 nitrogen and oxygen atoms in total. The third kappa shape index (κ3) is 5.58. The van der Waals surface area contributed by atoms with Crippen LogP contribution in [0.2, 0.25) is 0 Å². The van der Waals surface area contributed by atoms with Crippen LogP contribution in [0.4, 0.5) is 0 Å². The lowest BCUT2D eigenvalue weighted by Crippen LogP contribution is -2.62. The van der Waals surface area contributed by atoms with Gasteiger partial charge in [-0.1, -0.05) is 26.0 Å². The van der Waals surface area contributed by atoms with Crippen LogP contribution in [0.5, 0.6) is 0 Å². The first kappa shape index (κ1) is 24.8. The number of carbonyl (C=O) groups is 3. The van der Waals surface area contributed by atoms with E-state index in [-0.39, 0.29) is 30.0 Å². The monoisotopic (exact) mass is 471 g/mol. The minimum absolute atomic E-state index is 0.175. The van der Waals surface area contributed by atoms with Crippen molar-refractivity contribution in [3.05, 3.63) is 47.3 Å². The summed E-state index contributed by atoms with van der Waals surface area (Å²) in [5.74, 6) is -0.421. The van der Waals surface area contributed by atoms with Crippen LogP contribution in [0.1, 0.15) is 53.7 Å². The van der Waals surface area contributed by atoms with E-state index in [4.69, 9.17) is 0 Å². The van der Waals surface area contributed by atoms with Crippen molar-refractivity contribution in [2.75, 3.05) is 26.4 Å². The van der Waals surface area contributed by atoms with Gasteiger partial charge in [-0.2, -0.15) is 5.10 Å². The van der Waals surface area contributed by atoms with E-state index in [0.717, 1.165) is 12.0 Å². The summed E-state index contributed by atoms with van der Waals surface area (Å²) in [6.45, 7) is 7.11. The van der Waals surface area contributed by atoms with Crippen LogP contribution < -0.4 is 10.6 Å². The number of likely N-dealkylation sites (N-methyl/N-ethyl adjacent to an activating group) is 1. The molecule has 0 unspecified atom stereocenters. The normalized spacial score (nSPS) is 17.8. The summed E-state index contributed by atoms with van der Waals surface area (Å²) < 4.78 is 1.47. The van der Waals surface area contributed by atoms with Crippen LogP contribution in [0.15, 0.2) is 35.2 Å². The third-order valence-electron chi connectivity index (χ3n) is 6.09. The van der Waals surface area contributed by atoms with E-state index < -0.39 is 5.54 Å². The number of fused-ring (bicyclic) bond motifs is 1. The van der Waals surface area contributed by atoms with Crippen LogP contribution in [0.3, 0.4) is 0 Å². The van der Waals surface area contributed by atoms with Crippen molar-refractivity contribution in [2.45, 2.75) is 50.6 Å². The Morgan fingerprint density at radius 3 is 2.52 bits per heavy atom. The number of thioether (sulfide) groups is 1. The standard InChI is InChI=1S/C24H33N5O3S/c1-16(2)10-12-26-23(32)24(3)15-29-20(22(31)28(24)4)14-19(27-29)21(30)25-13-11-17-6-8-18(33-5)9-7-17/h6-9,14,16H,10-13,15H2,1-5H3,(H,25,30)(H,26,32)/t24-/m1/s1. The minimum Gasteiger partial charge on any atom is -0.354 e. The molecule has 0 saturated heterocycles. The highest BCUT2D eigenvalue weighted by Gasteiger charge is 2.46. The van der Waals surface area contributed by atoms with E-state index in [0.29, 0.717) is 31.1 Å². The predicted octanol–water partition coefficient (Wildman–Crippen LogP) is 2.58. The van der Waals surface area contributed by atoms with Crippen molar-refractivity contribution in [1.29, 1.82) is 0 Å². The minimum atomic E-state index is -1.08. The van der Waals surface area contributed by atoms with E-state index in [2.05, 4.69) is 53.8 Å². The fourth-order valence-corrected chi connectivity index (χ4v) is 4.11. The molecule has 2 N–H and O–H groups in total. The first-order valence-corrected chi connectivity index (χ1v) is 12.4.